The highest BCUT2D eigenvalue weighted by molar-refractivity contribution is 5.79. The van der Waals surface area contributed by atoms with E-state index < -0.39 is 0 Å². The number of likely N-dealkylation sites (tertiary alicyclic amines) is 1. The number of aromatic nitrogens is 3. The largest absolute Gasteiger partial charge is 0.365 e. The van der Waals surface area contributed by atoms with Gasteiger partial charge in [-0.25, -0.2) is 9.97 Å². The van der Waals surface area contributed by atoms with Crippen LogP contribution in [-0.4, -0.2) is 44.9 Å². The number of hydrogen-bond donors (Lipinski definition) is 1. The Balaban J connectivity index is 1.34. The fraction of sp³-hybridized carbons (Fsp3) is 0.545. The highest BCUT2D eigenvalue weighted by atomic mass is 16.2. The first kappa shape index (κ1) is 17.6. The van der Waals surface area contributed by atoms with Gasteiger partial charge in [-0.1, -0.05) is 12.8 Å². The molecule has 5 rings (SSSR count). The first-order chi connectivity index (χ1) is 13.8. The predicted octanol–water partition coefficient (Wildman–Crippen LogP) is 3.23. The molecule has 2 aromatic rings. The van der Waals surface area contributed by atoms with E-state index in [4.69, 9.17) is 9.97 Å². The summed E-state index contributed by atoms with van der Waals surface area (Å²) in [5.41, 5.74) is 3.43. The van der Waals surface area contributed by atoms with Gasteiger partial charge >= 0.3 is 0 Å². The molecule has 1 amide bonds. The van der Waals surface area contributed by atoms with Gasteiger partial charge < -0.3 is 10.2 Å². The van der Waals surface area contributed by atoms with Crippen LogP contribution in [0.15, 0.2) is 24.5 Å². The van der Waals surface area contributed by atoms with Gasteiger partial charge in [-0.15, -0.1) is 0 Å². The number of hydrogen-bond acceptors (Lipinski definition) is 5. The third kappa shape index (κ3) is 3.36. The Bertz CT molecular complexity index is 863. The van der Waals surface area contributed by atoms with Crippen molar-refractivity contribution < 1.29 is 4.79 Å². The van der Waals surface area contributed by atoms with Crippen LogP contribution in [0.1, 0.15) is 49.8 Å². The van der Waals surface area contributed by atoms with Crippen LogP contribution >= 0.6 is 0 Å². The van der Waals surface area contributed by atoms with Crippen molar-refractivity contribution in [2.45, 2.75) is 57.4 Å². The number of pyridine rings is 1. The van der Waals surface area contributed by atoms with E-state index in [-0.39, 0.29) is 12.0 Å². The summed E-state index contributed by atoms with van der Waals surface area (Å²) >= 11 is 0. The molecule has 6 nitrogen and oxygen atoms in total. The second kappa shape index (κ2) is 7.49. The fourth-order valence-corrected chi connectivity index (χ4v) is 4.88. The molecule has 1 N–H and O–H groups in total. The van der Waals surface area contributed by atoms with E-state index in [0.29, 0.717) is 5.91 Å². The lowest BCUT2D eigenvalue weighted by atomic mass is 10.1. The summed E-state index contributed by atoms with van der Waals surface area (Å²) in [6.07, 6.45) is 12.3. The molecule has 1 saturated carbocycles. The lowest BCUT2D eigenvalue weighted by Crippen LogP contribution is -2.35. The number of aryl methyl sites for hydroxylation is 1. The number of carbonyl (C=O) groups excluding carboxylic acids is 1. The van der Waals surface area contributed by atoms with Crippen molar-refractivity contribution in [1.82, 2.24) is 19.9 Å². The van der Waals surface area contributed by atoms with Crippen LogP contribution in [0.5, 0.6) is 0 Å². The minimum absolute atomic E-state index is 0.264. The number of nitrogens with one attached hydrogen (secondary N) is 1. The van der Waals surface area contributed by atoms with Crippen LogP contribution in [0.2, 0.25) is 0 Å². The molecule has 1 saturated heterocycles. The molecule has 28 heavy (non-hydrogen) atoms. The van der Waals surface area contributed by atoms with Crippen molar-refractivity contribution in [2.24, 2.45) is 5.92 Å². The summed E-state index contributed by atoms with van der Waals surface area (Å²) in [5, 5.41) is 3.67. The first-order valence-electron chi connectivity index (χ1n) is 10.6. The Hall–Kier alpha value is -2.50. The van der Waals surface area contributed by atoms with Gasteiger partial charge in [-0.05, 0) is 50.7 Å². The molecule has 0 aromatic carbocycles. The molecular weight excluding hydrogens is 350 g/mol. The predicted molar refractivity (Wildman–Crippen MR) is 108 cm³/mol. The van der Waals surface area contributed by atoms with Crippen molar-refractivity contribution >= 4 is 11.7 Å². The van der Waals surface area contributed by atoms with Gasteiger partial charge in [0, 0.05) is 54.3 Å². The molecule has 3 heterocycles. The Morgan fingerprint density at radius 3 is 2.68 bits per heavy atom. The maximum Gasteiger partial charge on any atom is 0.225 e. The minimum atomic E-state index is 0.264. The SMILES string of the molecule is O=C(C1CCCC1)N1CCC(Nc2nc(-c3ccncc3)nc3c2CCC3)C1. The standard InChI is InChI=1S/C22H27N5O/c28-22(16-4-1-2-5-16)27-13-10-17(14-27)24-21-18-6-3-7-19(18)25-20(26-21)15-8-11-23-12-9-15/h8-9,11-12,16-17H,1-7,10,13-14H2,(H,24,25,26). The molecule has 3 aliphatic rings. The number of rotatable bonds is 4. The first-order valence-corrected chi connectivity index (χ1v) is 10.6. The summed E-state index contributed by atoms with van der Waals surface area (Å²) in [6.45, 7) is 1.65. The monoisotopic (exact) mass is 377 g/mol. The van der Waals surface area contributed by atoms with Crippen molar-refractivity contribution in [1.29, 1.82) is 0 Å². The van der Waals surface area contributed by atoms with Gasteiger partial charge in [0.15, 0.2) is 5.82 Å². The van der Waals surface area contributed by atoms with Gasteiger partial charge in [-0.3, -0.25) is 9.78 Å². The third-order valence-electron chi connectivity index (χ3n) is 6.42. The zero-order valence-electron chi connectivity index (χ0n) is 16.2. The summed E-state index contributed by atoms with van der Waals surface area (Å²) < 4.78 is 0. The molecule has 2 fully saturated rings. The minimum Gasteiger partial charge on any atom is -0.365 e. The average Bonchev–Trinajstić information content (AvgIpc) is 3.49. The van der Waals surface area contributed by atoms with E-state index in [1.807, 2.05) is 12.1 Å². The highest BCUT2D eigenvalue weighted by Gasteiger charge is 2.33. The molecule has 0 bridgehead atoms. The Morgan fingerprint density at radius 1 is 1.04 bits per heavy atom. The zero-order valence-corrected chi connectivity index (χ0v) is 16.2. The molecule has 146 valence electrons. The molecule has 2 aliphatic carbocycles. The maximum atomic E-state index is 12.7. The lowest BCUT2D eigenvalue weighted by molar-refractivity contribution is -0.134. The van der Waals surface area contributed by atoms with Crippen LogP contribution in [0.4, 0.5) is 5.82 Å². The zero-order chi connectivity index (χ0) is 18.9. The van der Waals surface area contributed by atoms with Crippen LogP contribution in [0.25, 0.3) is 11.4 Å². The van der Waals surface area contributed by atoms with E-state index >= 15 is 0 Å². The second-order valence-electron chi connectivity index (χ2n) is 8.31. The molecule has 1 atom stereocenters. The molecule has 6 heteroatoms. The summed E-state index contributed by atoms with van der Waals surface area (Å²) in [7, 11) is 0. The number of carbonyl (C=O) groups is 1. The number of fused-ring (bicyclic) bond motifs is 1. The summed E-state index contributed by atoms with van der Waals surface area (Å²) in [6, 6.07) is 4.19. The molecular formula is C22H27N5O. The van der Waals surface area contributed by atoms with E-state index in [1.54, 1.807) is 12.4 Å². The molecule has 0 spiro atoms. The topological polar surface area (TPSA) is 71.0 Å². The summed E-state index contributed by atoms with van der Waals surface area (Å²) in [5.74, 6) is 2.37. The molecule has 1 unspecified atom stereocenters. The van der Waals surface area contributed by atoms with Crippen LogP contribution < -0.4 is 5.32 Å². The maximum absolute atomic E-state index is 12.7. The van der Waals surface area contributed by atoms with Crippen molar-refractivity contribution in [2.75, 3.05) is 18.4 Å². The van der Waals surface area contributed by atoms with Crippen LogP contribution in [0.3, 0.4) is 0 Å². The number of anilines is 1. The van der Waals surface area contributed by atoms with Gasteiger partial charge in [0.2, 0.25) is 5.91 Å². The molecule has 2 aromatic heterocycles. The van der Waals surface area contributed by atoms with Gasteiger partial charge in [0.1, 0.15) is 5.82 Å². The van der Waals surface area contributed by atoms with Crippen LogP contribution in [0, 0.1) is 5.92 Å². The quantitative estimate of drug-likeness (QED) is 0.886. The smallest absolute Gasteiger partial charge is 0.225 e. The normalized spacial score (nSPS) is 21.9. The Labute approximate surface area is 165 Å². The molecule has 1 aliphatic heterocycles. The summed E-state index contributed by atoms with van der Waals surface area (Å²) in [4.78, 5) is 28.6. The van der Waals surface area contributed by atoms with E-state index in [0.717, 1.165) is 68.8 Å². The third-order valence-corrected chi connectivity index (χ3v) is 6.42. The van der Waals surface area contributed by atoms with E-state index in [9.17, 15) is 4.79 Å². The van der Waals surface area contributed by atoms with E-state index in [2.05, 4.69) is 15.2 Å². The van der Waals surface area contributed by atoms with Gasteiger partial charge in [0.25, 0.3) is 0 Å². The van der Waals surface area contributed by atoms with E-state index in [1.165, 1.54) is 24.1 Å². The Morgan fingerprint density at radius 2 is 1.86 bits per heavy atom. The number of nitrogens with zero attached hydrogens (tertiary/aromatic N) is 4. The second-order valence-corrected chi connectivity index (χ2v) is 8.31. The lowest BCUT2D eigenvalue weighted by Gasteiger charge is -2.21. The van der Waals surface area contributed by atoms with Crippen LogP contribution in [-0.2, 0) is 17.6 Å². The number of amides is 1. The molecule has 0 radical (unpaired) electrons. The van der Waals surface area contributed by atoms with Gasteiger partial charge in [-0.2, -0.15) is 0 Å². The van der Waals surface area contributed by atoms with Crippen molar-refractivity contribution in [3.8, 4) is 11.4 Å². The van der Waals surface area contributed by atoms with Crippen molar-refractivity contribution in [3.63, 3.8) is 0 Å². The average molecular weight is 377 g/mol. The Kier molecular flexibility index (Phi) is 4.71. The van der Waals surface area contributed by atoms with Gasteiger partial charge in [0.05, 0.1) is 0 Å². The fourth-order valence-electron chi connectivity index (χ4n) is 4.88. The van der Waals surface area contributed by atoms with Crippen molar-refractivity contribution in [3.05, 3.63) is 35.8 Å². The highest BCUT2D eigenvalue weighted by Crippen LogP contribution is 2.31.